The number of nitro benzene ring substituents is 1. The largest absolute Gasteiger partial charge is 0.319 e. The molecule has 31 heavy (non-hydrogen) atoms. The third-order valence-electron chi connectivity index (χ3n) is 4.68. The van der Waals surface area contributed by atoms with Gasteiger partial charge in [-0.25, -0.2) is 9.97 Å². The molecule has 3 aromatic carbocycles. The Bertz CT molecular complexity index is 1260. The summed E-state index contributed by atoms with van der Waals surface area (Å²) in [6.07, 6.45) is 1.47. The molecule has 1 aromatic heterocycles. The van der Waals surface area contributed by atoms with E-state index in [0.717, 1.165) is 22.0 Å². The lowest BCUT2D eigenvalue weighted by Gasteiger charge is -2.17. The average molecular weight is 430 g/mol. The highest BCUT2D eigenvalue weighted by Crippen LogP contribution is 2.38. The van der Waals surface area contributed by atoms with Gasteiger partial charge in [-0.2, -0.15) is 0 Å². The summed E-state index contributed by atoms with van der Waals surface area (Å²) in [5.74, 6) is -0.370. The summed E-state index contributed by atoms with van der Waals surface area (Å²) in [5.41, 5.74) is 2.31. The lowest BCUT2D eigenvalue weighted by molar-refractivity contribution is -0.384. The first-order valence-corrected chi connectivity index (χ1v) is 10.4. The van der Waals surface area contributed by atoms with E-state index in [9.17, 15) is 14.9 Å². The molecule has 8 heteroatoms. The van der Waals surface area contributed by atoms with E-state index < -0.39 is 10.2 Å². The van der Waals surface area contributed by atoms with Crippen LogP contribution in [0.5, 0.6) is 0 Å². The summed E-state index contributed by atoms with van der Waals surface area (Å²) in [7, 11) is 0. The second-order valence-corrected chi connectivity index (χ2v) is 7.97. The second kappa shape index (κ2) is 8.93. The van der Waals surface area contributed by atoms with Gasteiger partial charge >= 0.3 is 0 Å². The van der Waals surface area contributed by atoms with Crippen molar-refractivity contribution in [1.29, 1.82) is 0 Å². The minimum absolute atomic E-state index is 0.141. The molecule has 1 heterocycles. The Morgan fingerprint density at radius 2 is 1.77 bits per heavy atom. The Kier molecular flexibility index (Phi) is 5.90. The Morgan fingerprint density at radius 3 is 2.55 bits per heavy atom. The Labute approximate surface area is 182 Å². The standard InChI is InChI=1S/C23H18N4O3S/c1-15-11-12-19(20(13-15)27(29)30)26-22(28)21(16-7-3-2-4-8-16)31-23-17-9-5-6-10-18(17)24-14-25-23/h2-14,21H,1H3,(H,26,28)/t21-/m1/s1. The van der Waals surface area contributed by atoms with Gasteiger partial charge in [0.2, 0.25) is 5.91 Å². The van der Waals surface area contributed by atoms with Crippen LogP contribution in [0.15, 0.2) is 84.1 Å². The van der Waals surface area contributed by atoms with E-state index in [1.165, 1.54) is 24.2 Å². The Hall–Kier alpha value is -3.78. The molecule has 0 aliphatic heterocycles. The van der Waals surface area contributed by atoms with Crippen LogP contribution in [0.1, 0.15) is 16.4 Å². The number of aryl methyl sites for hydroxylation is 1. The fourth-order valence-corrected chi connectivity index (χ4v) is 4.27. The number of carbonyl (C=O) groups is 1. The van der Waals surface area contributed by atoms with E-state index in [0.29, 0.717) is 5.03 Å². The number of hydrogen-bond donors (Lipinski definition) is 1. The van der Waals surface area contributed by atoms with E-state index in [4.69, 9.17) is 0 Å². The number of aromatic nitrogens is 2. The summed E-state index contributed by atoms with van der Waals surface area (Å²) < 4.78 is 0. The van der Waals surface area contributed by atoms with Gasteiger partial charge in [-0.05, 0) is 30.2 Å². The van der Waals surface area contributed by atoms with E-state index in [2.05, 4.69) is 15.3 Å². The fraction of sp³-hybridized carbons (Fsp3) is 0.0870. The molecular weight excluding hydrogens is 412 g/mol. The van der Waals surface area contributed by atoms with Crippen LogP contribution in [0, 0.1) is 17.0 Å². The van der Waals surface area contributed by atoms with Crippen molar-refractivity contribution in [3.8, 4) is 0 Å². The predicted molar refractivity (Wildman–Crippen MR) is 121 cm³/mol. The Morgan fingerprint density at radius 1 is 1.03 bits per heavy atom. The second-order valence-electron chi connectivity index (χ2n) is 6.87. The maximum Gasteiger partial charge on any atom is 0.293 e. The monoisotopic (exact) mass is 430 g/mol. The highest BCUT2D eigenvalue weighted by molar-refractivity contribution is 8.00. The zero-order valence-corrected chi connectivity index (χ0v) is 17.4. The number of fused-ring (bicyclic) bond motifs is 1. The molecule has 0 saturated heterocycles. The number of hydrogen-bond acceptors (Lipinski definition) is 6. The number of nitrogens with one attached hydrogen (secondary N) is 1. The summed E-state index contributed by atoms with van der Waals surface area (Å²) >= 11 is 1.28. The number of benzene rings is 3. The van der Waals surface area contributed by atoms with Crippen LogP contribution in [0.2, 0.25) is 0 Å². The van der Waals surface area contributed by atoms with Gasteiger partial charge in [0.1, 0.15) is 22.3 Å². The first kappa shape index (κ1) is 20.5. The first-order chi connectivity index (χ1) is 15.0. The van der Waals surface area contributed by atoms with Gasteiger partial charge in [0.05, 0.1) is 10.4 Å². The molecule has 0 bridgehead atoms. The van der Waals surface area contributed by atoms with E-state index >= 15 is 0 Å². The van der Waals surface area contributed by atoms with Gasteiger partial charge in [-0.15, -0.1) is 0 Å². The minimum atomic E-state index is -0.666. The maximum absolute atomic E-state index is 13.3. The molecule has 0 unspecified atom stereocenters. The topological polar surface area (TPSA) is 98.0 Å². The smallest absolute Gasteiger partial charge is 0.293 e. The van der Waals surface area contributed by atoms with Gasteiger partial charge in [-0.3, -0.25) is 14.9 Å². The number of nitro groups is 1. The first-order valence-electron chi connectivity index (χ1n) is 9.50. The fourth-order valence-electron chi connectivity index (χ4n) is 3.18. The maximum atomic E-state index is 13.3. The zero-order chi connectivity index (χ0) is 21.8. The van der Waals surface area contributed by atoms with Gasteiger partial charge < -0.3 is 5.32 Å². The number of para-hydroxylation sites is 1. The van der Waals surface area contributed by atoms with Gasteiger partial charge in [0.15, 0.2) is 0 Å². The van der Waals surface area contributed by atoms with E-state index in [-0.39, 0.29) is 17.3 Å². The number of nitrogens with zero attached hydrogens (tertiary/aromatic N) is 3. The minimum Gasteiger partial charge on any atom is -0.319 e. The third kappa shape index (κ3) is 4.54. The molecule has 1 amide bonds. The number of rotatable bonds is 6. The highest BCUT2D eigenvalue weighted by Gasteiger charge is 2.26. The quantitative estimate of drug-likeness (QED) is 0.192. The lowest BCUT2D eigenvalue weighted by atomic mass is 10.1. The van der Waals surface area contributed by atoms with Crippen molar-refractivity contribution in [3.05, 3.63) is 100 Å². The summed E-state index contributed by atoms with van der Waals surface area (Å²) in [6, 6.07) is 21.6. The van der Waals surface area contributed by atoms with Crippen molar-refractivity contribution in [1.82, 2.24) is 9.97 Å². The molecular formula is C23H18N4O3S. The van der Waals surface area contributed by atoms with Crippen LogP contribution in [-0.2, 0) is 4.79 Å². The molecule has 0 radical (unpaired) electrons. The third-order valence-corrected chi connectivity index (χ3v) is 5.95. The predicted octanol–water partition coefficient (Wildman–Crippen LogP) is 5.32. The molecule has 0 saturated carbocycles. The molecule has 0 fully saturated rings. The summed E-state index contributed by atoms with van der Waals surface area (Å²) in [4.78, 5) is 32.9. The van der Waals surface area contributed by atoms with Gasteiger partial charge in [0, 0.05) is 11.5 Å². The van der Waals surface area contributed by atoms with Crippen molar-refractivity contribution in [2.75, 3.05) is 5.32 Å². The number of amides is 1. The van der Waals surface area contributed by atoms with Crippen molar-refractivity contribution in [2.24, 2.45) is 0 Å². The van der Waals surface area contributed by atoms with Crippen LogP contribution in [0.3, 0.4) is 0 Å². The van der Waals surface area contributed by atoms with Gasteiger partial charge in [0.25, 0.3) is 5.69 Å². The SMILES string of the molecule is Cc1ccc(NC(=O)[C@H](Sc2ncnc3ccccc23)c2ccccc2)c([N+](=O)[O-])c1. The Balaban J connectivity index is 1.71. The van der Waals surface area contributed by atoms with E-state index in [1.54, 1.807) is 19.1 Å². The number of thioether (sulfide) groups is 1. The van der Waals surface area contributed by atoms with Crippen molar-refractivity contribution >= 4 is 39.9 Å². The molecule has 154 valence electrons. The molecule has 0 spiro atoms. The van der Waals surface area contributed by atoms with Crippen LogP contribution >= 0.6 is 11.8 Å². The normalized spacial score (nSPS) is 11.8. The number of carbonyl (C=O) groups excluding carboxylic acids is 1. The van der Waals surface area contributed by atoms with Crippen molar-refractivity contribution < 1.29 is 9.72 Å². The summed E-state index contributed by atoms with van der Waals surface area (Å²) in [5, 5.41) is 15.0. The summed E-state index contributed by atoms with van der Waals surface area (Å²) in [6.45, 7) is 1.77. The van der Waals surface area contributed by atoms with Crippen LogP contribution in [0.25, 0.3) is 10.9 Å². The highest BCUT2D eigenvalue weighted by atomic mass is 32.2. The molecule has 4 aromatic rings. The van der Waals surface area contributed by atoms with Crippen molar-refractivity contribution in [2.45, 2.75) is 17.2 Å². The van der Waals surface area contributed by atoms with Crippen LogP contribution in [-0.4, -0.2) is 20.8 Å². The van der Waals surface area contributed by atoms with Crippen LogP contribution < -0.4 is 5.32 Å². The van der Waals surface area contributed by atoms with Crippen molar-refractivity contribution in [3.63, 3.8) is 0 Å². The lowest BCUT2D eigenvalue weighted by Crippen LogP contribution is -2.20. The molecule has 1 atom stereocenters. The molecule has 0 aliphatic carbocycles. The van der Waals surface area contributed by atoms with Gasteiger partial charge in [-0.1, -0.05) is 66.4 Å². The number of anilines is 1. The van der Waals surface area contributed by atoms with Crippen LogP contribution in [0.4, 0.5) is 11.4 Å². The average Bonchev–Trinajstić information content (AvgIpc) is 2.79. The zero-order valence-electron chi connectivity index (χ0n) is 16.6. The molecule has 0 aliphatic rings. The molecule has 4 rings (SSSR count). The molecule has 7 nitrogen and oxygen atoms in total. The molecule has 1 N–H and O–H groups in total. The van der Waals surface area contributed by atoms with E-state index in [1.807, 2.05) is 54.6 Å².